The van der Waals surface area contributed by atoms with Crippen molar-refractivity contribution in [3.63, 3.8) is 0 Å². The summed E-state index contributed by atoms with van der Waals surface area (Å²) in [5, 5.41) is 0. The van der Waals surface area contributed by atoms with Crippen LogP contribution in [0.25, 0.3) is 0 Å². The molecule has 0 bridgehead atoms. The summed E-state index contributed by atoms with van der Waals surface area (Å²) in [5.41, 5.74) is 7.11. The summed E-state index contributed by atoms with van der Waals surface area (Å²) in [6.45, 7) is 6.86. The van der Waals surface area contributed by atoms with Crippen molar-refractivity contribution >= 4 is 0 Å². The second-order valence-corrected chi connectivity index (χ2v) is 4.83. The first-order chi connectivity index (χ1) is 9.56. The smallest absolute Gasteiger partial charge is 0.122 e. The fourth-order valence-corrected chi connectivity index (χ4v) is 2.58. The lowest BCUT2D eigenvalue weighted by Gasteiger charge is -2.37. The maximum atomic E-state index is 6.49. The summed E-state index contributed by atoms with van der Waals surface area (Å²) in [4.78, 5) is 0. The molecule has 0 aliphatic rings. The number of methoxy groups -OCH3 is 2. The molecule has 0 saturated carbocycles. The Morgan fingerprint density at radius 1 is 1.00 bits per heavy atom. The zero-order valence-corrected chi connectivity index (χ0v) is 13.2. The van der Waals surface area contributed by atoms with E-state index < -0.39 is 0 Å². The minimum atomic E-state index is -0.355. The summed E-state index contributed by atoms with van der Waals surface area (Å²) in [6, 6.07) is 5.52. The van der Waals surface area contributed by atoms with Crippen LogP contribution in [0.5, 0.6) is 11.5 Å². The van der Waals surface area contributed by atoms with E-state index in [4.69, 9.17) is 19.9 Å². The normalized spacial score (nSPS) is 13.1. The summed E-state index contributed by atoms with van der Waals surface area (Å²) in [7, 11) is 3.28. The van der Waals surface area contributed by atoms with E-state index in [0.29, 0.717) is 6.61 Å². The van der Waals surface area contributed by atoms with Crippen molar-refractivity contribution in [1.29, 1.82) is 0 Å². The molecule has 0 fully saturated rings. The standard InChI is InChI=1S/C16H27NO3/c1-6-16(7-2,20-8-3)15(17)12-9-13(18-4)11-14(10-12)19-5/h9-11,15H,6-8,17H2,1-5H3. The topological polar surface area (TPSA) is 53.7 Å². The third kappa shape index (κ3) is 3.44. The first-order valence-corrected chi connectivity index (χ1v) is 7.19. The molecule has 0 aliphatic carbocycles. The second-order valence-electron chi connectivity index (χ2n) is 4.83. The van der Waals surface area contributed by atoms with E-state index in [1.54, 1.807) is 14.2 Å². The molecule has 0 radical (unpaired) electrons. The van der Waals surface area contributed by atoms with Gasteiger partial charge in [-0.15, -0.1) is 0 Å². The zero-order valence-electron chi connectivity index (χ0n) is 13.2. The molecule has 1 rings (SSSR count). The van der Waals surface area contributed by atoms with Gasteiger partial charge in [0.05, 0.1) is 25.9 Å². The molecule has 1 aromatic carbocycles. The van der Waals surface area contributed by atoms with Crippen molar-refractivity contribution in [2.45, 2.75) is 45.3 Å². The Morgan fingerprint density at radius 2 is 1.50 bits per heavy atom. The van der Waals surface area contributed by atoms with Crippen LogP contribution in [0.1, 0.15) is 45.2 Å². The quantitative estimate of drug-likeness (QED) is 0.794. The molecule has 0 spiro atoms. The van der Waals surface area contributed by atoms with E-state index in [1.807, 2.05) is 25.1 Å². The molecule has 0 amide bonds. The van der Waals surface area contributed by atoms with Gasteiger partial charge in [-0.05, 0) is 37.5 Å². The second kappa shape index (κ2) is 7.50. The number of hydrogen-bond acceptors (Lipinski definition) is 4. The highest BCUT2D eigenvalue weighted by molar-refractivity contribution is 5.40. The minimum Gasteiger partial charge on any atom is -0.497 e. The van der Waals surface area contributed by atoms with E-state index >= 15 is 0 Å². The summed E-state index contributed by atoms with van der Waals surface area (Å²) in [5.74, 6) is 1.49. The SMILES string of the molecule is CCOC(CC)(CC)C(N)c1cc(OC)cc(OC)c1. The third-order valence-corrected chi connectivity index (χ3v) is 3.93. The highest BCUT2D eigenvalue weighted by Crippen LogP contribution is 2.36. The van der Waals surface area contributed by atoms with Crippen molar-refractivity contribution in [3.05, 3.63) is 23.8 Å². The zero-order chi connectivity index (χ0) is 15.2. The van der Waals surface area contributed by atoms with Gasteiger partial charge < -0.3 is 19.9 Å². The van der Waals surface area contributed by atoms with Crippen LogP contribution < -0.4 is 15.2 Å². The van der Waals surface area contributed by atoms with Crippen molar-refractivity contribution < 1.29 is 14.2 Å². The van der Waals surface area contributed by atoms with Gasteiger partial charge in [0.2, 0.25) is 0 Å². The molecule has 1 aromatic rings. The van der Waals surface area contributed by atoms with E-state index in [2.05, 4.69) is 13.8 Å². The van der Waals surface area contributed by atoms with Gasteiger partial charge in [-0.2, -0.15) is 0 Å². The lowest BCUT2D eigenvalue weighted by molar-refractivity contribution is -0.0646. The number of ether oxygens (including phenoxy) is 3. The predicted octanol–water partition coefficient (Wildman–Crippen LogP) is 3.30. The maximum Gasteiger partial charge on any atom is 0.122 e. The molecule has 2 N–H and O–H groups in total. The van der Waals surface area contributed by atoms with Crippen LogP contribution in [-0.2, 0) is 4.74 Å². The Bertz CT molecular complexity index is 394. The summed E-state index contributed by atoms with van der Waals surface area (Å²) < 4.78 is 16.6. The van der Waals surface area contributed by atoms with Crippen molar-refractivity contribution in [1.82, 2.24) is 0 Å². The first-order valence-electron chi connectivity index (χ1n) is 7.19. The average Bonchev–Trinajstić information content (AvgIpc) is 2.51. The van der Waals surface area contributed by atoms with Crippen LogP contribution in [0, 0.1) is 0 Å². The average molecular weight is 281 g/mol. The van der Waals surface area contributed by atoms with Crippen LogP contribution >= 0.6 is 0 Å². The number of benzene rings is 1. The van der Waals surface area contributed by atoms with Gasteiger partial charge >= 0.3 is 0 Å². The third-order valence-electron chi connectivity index (χ3n) is 3.93. The molecule has 20 heavy (non-hydrogen) atoms. The monoisotopic (exact) mass is 281 g/mol. The minimum absolute atomic E-state index is 0.221. The fourth-order valence-electron chi connectivity index (χ4n) is 2.58. The predicted molar refractivity (Wildman–Crippen MR) is 81.4 cm³/mol. The Balaban J connectivity index is 3.19. The highest BCUT2D eigenvalue weighted by Gasteiger charge is 2.35. The largest absolute Gasteiger partial charge is 0.497 e. The van der Waals surface area contributed by atoms with E-state index in [-0.39, 0.29) is 11.6 Å². The van der Waals surface area contributed by atoms with Gasteiger partial charge in [0.15, 0.2) is 0 Å². The van der Waals surface area contributed by atoms with Gasteiger partial charge in [-0.3, -0.25) is 0 Å². The van der Waals surface area contributed by atoms with Gasteiger partial charge in [-0.25, -0.2) is 0 Å². The fraction of sp³-hybridized carbons (Fsp3) is 0.625. The molecule has 114 valence electrons. The lowest BCUT2D eigenvalue weighted by Crippen LogP contribution is -2.43. The van der Waals surface area contributed by atoms with Crippen LogP contribution in [0.2, 0.25) is 0 Å². The molecular formula is C16H27NO3. The van der Waals surface area contributed by atoms with Gasteiger partial charge in [-0.1, -0.05) is 13.8 Å². The Kier molecular flexibility index (Phi) is 6.30. The van der Waals surface area contributed by atoms with Crippen LogP contribution in [0.3, 0.4) is 0 Å². The molecule has 0 aromatic heterocycles. The van der Waals surface area contributed by atoms with Crippen molar-refractivity contribution in [2.24, 2.45) is 5.73 Å². The molecular weight excluding hydrogens is 254 g/mol. The van der Waals surface area contributed by atoms with Gasteiger partial charge in [0.25, 0.3) is 0 Å². The van der Waals surface area contributed by atoms with Gasteiger partial charge in [0, 0.05) is 12.7 Å². The number of hydrogen-bond donors (Lipinski definition) is 1. The van der Waals surface area contributed by atoms with Crippen LogP contribution in [0.4, 0.5) is 0 Å². The molecule has 4 nitrogen and oxygen atoms in total. The van der Waals surface area contributed by atoms with Crippen molar-refractivity contribution in [3.8, 4) is 11.5 Å². The number of rotatable bonds is 8. The Labute approximate surface area is 122 Å². The van der Waals surface area contributed by atoms with E-state index in [9.17, 15) is 0 Å². The molecule has 0 saturated heterocycles. The molecule has 4 heteroatoms. The van der Waals surface area contributed by atoms with E-state index in [1.165, 1.54) is 0 Å². The molecule has 0 aliphatic heterocycles. The molecule has 1 atom stereocenters. The lowest BCUT2D eigenvalue weighted by atomic mass is 9.84. The Hall–Kier alpha value is -1.26. The highest BCUT2D eigenvalue weighted by atomic mass is 16.5. The van der Waals surface area contributed by atoms with E-state index in [0.717, 1.165) is 29.9 Å². The Morgan fingerprint density at radius 3 is 1.85 bits per heavy atom. The first kappa shape index (κ1) is 16.8. The van der Waals surface area contributed by atoms with Gasteiger partial charge in [0.1, 0.15) is 11.5 Å². The summed E-state index contributed by atoms with van der Waals surface area (Å²) >= 11 is 0. The van der Waals surface area contributed by atoms with Crippen molar-refractivity contribution in [2.75, 3.05) is 20.8 Å². The van der Waals surface area contributed by atoms with Crippen LogP contribution in [0.15, 0.2) is 18.2 Å². The summed E-state index contributed by atoms with van der Waals surface area (Å²) in [6.07, 6.45) is 1.72. The molecule has 1 unspecified atom stereocenters. The molecule has 0 heterocycles. The maximum absolute atomic E-state index is 6.49. The van der Waals surface area contributed by atoms with Crippen LogP contribution in [-0.4, -0.2) is 26.4 Å². The number of nitrogens with two attached hydrogens (primary N) is 1.